The molecule has 7 nitrogen and oxygen atoms in total. The van der Waals surface area contributed by atoms with E-state index in [2.05, 4.69) is 16.7 Å². The second-order valence-electron chi connectivity index (χ2n) is 8.15. The summed E-state index contributed by atoms with van der Waals surface area (Å²) in [7, 11) is 0. The molecule has 1 aromatic heterocycles. The summed E-state index contributed by atoms with van der Waals surface area (Å²) in [5.41, 5.74) is 9.56. The van der Waals surface area contributed by atoms with Crippen LogP contribution in [-0.2, 0) is 6.54 Å². The molecule has 0 radical (unpaired) electrons. The van der Waals surface area contributed by atoms with Gasteiger partial charge in [0.25, 0.3) is 0 Å². The molecule has 0 saturated carbocycles. The Kier molecular flexibility index (Phi) is 3.94. The molecule has 0 aliphatic carbocycles. The van der Waals surface area contributed by atoms with Crippen LogP contribution in [0.15, 0.2) is 35.5 Å². The summed E-state index contributed by atoms with van der Waals surface area (Å²) in [6.07, 6.45) is 4.24. The van der Waals surface area contributed by atoms with Gasteiger partial charge in [0.15, 0.2) is 11.6 Å². The van der Waals surface area contributed by atoms with E-state index in [1.165, 1.54) is 0 Å². The third kappa shape index (κ3) is 2.86. The highest BCUT2D eigenvalue weighted by Crippen LogP contribution is 2.31. The van der Waals surface area contributed by atoms with Crippen molar-refractivity contribution in [1.82, 2.24) is 9.97 Å². The number of piperidine rings is 1. The normalized spacial score (nSPS) is 20.6. The van der Waals surface area contributed by atoms with E-state index in [9.17, 15) is 4.79 Å². The van der Waals surface area contributed by atoms with Crippen LogP contribution in [0, 0.1) is 0 Å². The number of nitrogens with two attached hydrogens (primary N) is 1. The molecule has 4 heterocycles. The van der Waals surface area contributed by atoms with Gasteiger partial charge in [-0.2, -0.15) is 0 Å². The van der Waals surface area contributed by atoms with E-state index in [-0.39, 0.29) is 11.3 Å². The zero-order chi connectivity index (χ0) is 19.3. The van der Waals surface area contributed by atoms with Gasteiger partial charge < -0.3 is 15.5 Å². The number of carbonyl (C=O) groups excluding carboxylic acids is 1. The topological polar surface area (TPSA) is 87.7 Å². The van der Waals surface area contributed by atoms with Crippen LogP contribution < -0.4 is 15.5 Å². The maximum atomic E-state index is 12.2. The van der Waals surface area contributed by atoms with Crippen LogP contribution in [0.4, 0.5) is 11.5 Å². The van der Waals surface area contributed by atoms with Crippen molar-refractivity contribution >= 4 is 23.1 Å². The third-order valence-electron chi connectivity index (χ3n) is 5.97. The molecule has 0 spiro atoms. The molecule has 5 rings (SSSR count). The Morgan fingerprint density at radius 2 is 1.93 bits per heavy atom. The number of nitrogens with zero attached hydrogens (tertiary/aromatic N) is 5. The number of rotatable bonds is 1. The van der Waals surface area contributed by atoms with Crippen molar-refractivity contribution in [1.29, 1.82) is 0 Å². The van der Waals surface area contributed by atoms with Gasteiger partial charge in [-0.15, -0.1) is 0 Å². The molecule has 1 fully saturated rings. The number of carbonyl (C=O) groups is 1. The molecule has 0 unspecified atom stereocenters. The predicted molar refractivity (Wildman–Crippen MR) is 109 cm³/mol. The van der Waals surface area contributed by atoms with Crippen LogP contribution in [0.1, 0.15) is 47.9 Å². The number of benzene rings is 1. The fourth-order valence-corrected chi connectivity index (χ4v) is 4.18. The zero-order valence-corrected chi connectivity index (χ0v) is 16.1. The molecule has 3 aliphatic heterocycles. The molecule has 0 bridgehead atoms. The van der Waals surface area contributed by atoms with E-state index < -0.39 is 0 Å². The van der Waals surface area contributed by atoms with Gasteiger partial charge >= 0.3 is 0 Å². The van der Waals surface area contributed by atoms with Gasteiger partial charge in [0.1, 0.15) is 11.5 Å². The highest BCUT2D eigenvalue weighted by atomic mass is 16.1. The minimum absolute atomic E-state index is 0.0873. The van der Waals surface area contributed by atoms with Crippen molar-refractivity contribution in [2.24, 2.45) is 10.7 Å². The van der Waals surface area contributed by atoms with Crippen LogP contribution in [0.25, 0.3) is 0 Å². The maximum absolute atomic E-state index is 12.2. The van der Waals surface area contributed by atoms with Gasteiger partial charge in [-0.05, 0) is 31.9 Å². The highest BCUT2D eigenvalue weighted by Gasteiger charge is 2.32. The van der Waals surface area contributed by atoms with Crippen molar-refractivity contribution in [2.75, 3.05) is 29.4 Å². The van der Waals surface area contributed by atoms with E-state index in [1.807, 2.05) is 30.5 Å². The van der Waals surface area contributed by atoms with Crippen LogP contribution in [0.3, 0.4) is 0 Å². The Hall–Kier alpha value is -2.80. The molecule has 2 aromatic rings. The van der Waals surface area contributed by atoms with E-state index >= 15 is 0 Å². The van der Waals surface area contributed by atoms with Crippen LogP contribution in [0.2, 0.25) is 0 Å². The largest absolute Gasteiger partial charge is 0.355 e. The number of hydrogen-bond donors (Lipinski definition) is 1. The number of anilines is 2. The molecule has 28 heavy (non-hydrogen) atoms. The second kappa shape index (κ2) is 6.38. The van der Waals surface area contributed by atoms with Gasteiger partial charge in [-0.25, -0.2) is 9.97 Å². The average molecular weight is 376 g/mol. The summed E-state index contributed by atoms with van der Waals surface area (Å²) in [6.45, 7) is 5.06. The summed E-state index contributed by atoms with van der Waals surface area (Å²) in [4.78, 5) is 30.9. The first kappa shape index (κ1) is 17.3. The van der Waals surface area contributed by atoms with Gasteiger partial charge in [-0.1, -0.05) is 12.1 Å². The first-order valence-electron chi connectivity index (χ1n) is 9.86. The van der Waals surface area contributed by atoms with Crippen molar-refractivity contribution in [3.8, 4) is 0 Å². The molecule has 1 aromatic carbocycles. The van der Waals surface area contributed by atoms with Crippen LogP contribution in [0.5, 0.6) is 0 Å². The average Bonchev–Trinajstić information content (AvgIpc) is 3.12. The molecule has 1 saturated heterocycles. The number of aliphatic imine (C=N–C) groups is 1. The molecule has 3 aliphatic rings. The van der Waals surface area contributed by atoms with E-state index in [1.54, 1.807) is 0 Å². The van der Waals surface area contributed by atoms with Crippen molar-refractivity contribution in [2.45, 2.75) is 38.3 Å². The Morgan fingerprint density at radius 3 is 2.75 bits per heavy atom. The molecule has 144 valence electrons. The summed E-state index contributed by atoms with van der Waals surface area (Å²) < 4.78 is 0. The lowest BCUT2D eigenvalue weighted by Crippen LogP contribution is -2.48. The van der Waals surface area contributed by atoms with Gasteiger partial charge in [0.05, 0.1) is 24.1 Å². The lowest BCUT2D eigenvalue weighted by Gasteiger charge is -2.37. The first-order valence-corrected chi connectivity index (χ1v) is 9.86. The minimum atomic E-state index is -0.0873. The van der Waals surface area contributed by atoms with Crippen molar-refractivity contribution in [3.05, 3.63) is 47.4 Å². The number of hydrogen-bond acceptors (Lipinski definition) is 7. The fourth-order valence-electron chi connectivity index (χ4n) is 4.18. The molecular formula is C21H24N6O. The van der Waals surface area contributed by atoms with Crippen LogP contribution >= 0.6 is 0 Å². The zero-order valence-electron chi connectivity index (χ0n) is 16.1. The Bertz CT molecular complexity index is 973. The predicted octanol–water partition coefficient (Wildman–Crippen LogP) is 2.15. The lowest BCUT2D eigenvalue weighted by molar-refractivity contribution is 0.0981. The maximum Gasteiger partial charge on any atom is 0.166 e. The molecular weight excluding hydrogens is 352 g/mol. The summed E-state index contributed by atoms with van der Waals surface area (Å²) in [5, 5.41) is 0. The lowest BCUT2D eigenvalue weighted by atomic mass is 9.91. The summed E-state index contributed by atoms with van der Waals surface area (Å²) >= 11 is 0. The molecule has 0 atom stereocenters. The quantitative estimate of drug-likeness (QED) is 0.820. The Labute approximate surface area is 164 Å². The summed E-state index contributed by atoms with van der Waals surface area (Å²) in [5.74, 6) is 1.91. The SMILES string of the molecule is CC1(N)CCN(c2cnc3c(n2)CN=C3N2CCC(=O)c3ccccc32)CC1. The molecule has 7 heteroatoms. The number of amidine groups is 1. The van der Waals surface area contributed by atoms with Crippen molar-refractivity contribution < 1.29 is 4.79 Å². The molecule has 2 N–H and O–H groups in total. The Morgan fingerprint density at radius 1 is 1.14 bits per heavy atom. The number of ketones is 1. The van der Waals surface area contributed by atoms with Gasteiger partial charge in [-0.3, -0.25) is 9.79 Å². The Balaban J connectivity index is 1.42. The van der Waals surface area contributed by atoms with Crippen molar-refractivity contribution in [3.63, 3.8) is 0 Å². The standard InChI is InChI=1S/C21H24N6O/c1-21(22)7-10-26(11-8-21)18-13-23-19-15(25-18)12-24-20(19)27-9-6-17(28)14-4-2-3-5-16(14)27/h2-5,13H,6-12,22H2,1H3. The van der Waals surface area contributed by atoms with E-state index in [0.717, 1.165) is 60.2 Å². The monoisotopic (exact) mass is 376 g/mol. The smallest absolute Gasteiger partial charge is 0.166 e. The first-order chi connectivity index (χ1) is 13.5. The van der Waals surface area contributed by atoms with E-state index in [4.69, 9.17) is 20.7 Å². The highest BCUT2D eigenvalue weighted by molar-refractivity contribution is 6.16. The second-order valence-corrected chi connectivity index (χ2v) is 8.15. The third-order valence-corrected chi connectivity index (χ3v) is 5.97. The fraction of sp³-hybridized carbons (Fsp3) is 0.429. The van der Waals surface area contributed by atoms with Crippen LogP contribution in [-0.4, -0.2) is 46.8 Å². The van der Waals surface area contributed by atoms with Gasteiger partial charge in [0, 0.05) is 37.2 Å². The number of fused-ring (bicyclic) bond motifs is 2. The number of para-hydroxylation sites is 1. The van der Waals surface area contributed by atoms with Gasteiger partial charge in [0.2, 0.25) is 0 Å². The molecule has 0 amide bonds. The van der Waals surface area contributed by atoms with E-state index in [0.29, 0.717) is 19.5 Å². The summed E-state index contributed by atoms with van der Waals surface area (Å²) in [6, 6.07) is 7.72. The minimum Gasteiger partial charge on any atom is -0.355 e. The number of Topliss-reactive ketones (excluding diaryl/α,β-unsaturated/α-hetero) is 1. The number of aromatic nitrogens is 2.